The van der Waals surface area contributed by atoms with Crippen molar-refractivity contribution in [3.05, 3.63) is 23.7 Å². The average Bonchev–Trinajstić information content (AvgIpc) is 2.65. The zero-order chi connectivity index (χ0) is 12.0. The molecule has 0 aromatic carbocycles. The molecule has 0 bridgehead atoms. The molecule has 0 fully saturated rings. The van der Waals surface area contributed by atoms with Crippen molar-refractivity contribution < 1.29 is 9.21 Å². The maximum absolute atomic E-state index is 11.4. The molecule has 1 N–H and O–H groups in total. The van der Waals surface area contributed by atoms with Crippen molar-refractivity contribution in [1.29, 1.82) is 5.26 Å². The van der Waals surface area contributed by atoms with Gasteiger partial charge in [-0.3, -0.25) is 4.79 Å². The van der Waals surface area contributed by atoms with E-state index in [9.17, 15) is 4.79 Å². The Morgan fingerprint density at radius 1 is 1.69 bits per heavy atom. The van der Waals surface area contributed by atoms with Gasteiger partial charge in [0.15, 0.2) is 0 Å². The number of carbonyl (C=O) groups is 1. The Morgan fingerprint density at radius 3 is 3.00 bits per heavy atom. The summed E-state index contributed by atoms with van der Waals surface area (Å²) in [5.41, 5.74) is 0. The average molecular weight is 238 g/mol. The fourth-order valence-corrected chi connectivity index (χ4v) is 1.69. The summed E-state index contributed by atoms with van der Waals surface area (Å²) in [6.07, 6.45) is 0. The first-order valence-electron chi connectivity index (χ1n) is 4.94. The quantitative estimate of drug-likeness (QED) is 0.797. The highest BCUT2D eigenvalue weighted by molar-refractivity contribution is 8.00. The zero-order valence-electron chi connectivity index (χ0n) is 9.32. The van der Waals surface area contributed by atoms with Crippen molar-refractivity contribution in [3.8, 4) is 6.07 Å². The van der Waals surface area contributed by atoms with E-state index < -0.39 is 0 Å². The third kappa shape index (κ3) is 3.99. The lowest BCUT2D eigenvalue weighted by Crippen LogP contribution is -2.28. The van der Waals surface area contributed by atoms with Crippen LogP contribution in [-0.2, 0) is 4.79 Å². The van der Waals surface area contributed by atoms with E-state index in [0.29, 0.717) is 11.5 Å². The minimum atomic E-state index is -0.135. The van der Waals surface area contributed by atoms with Crippen molar-refractivity contribution in [2.75, 3.05) is 11.5 Å². The zero-order valence-corrected chi connectivity index (χ0v) is 10.1. The number of rotatable bonds is 5. The summed E-state index contributed by atoms with van der Waals surface area (Å²) in [6.45, 7) is 3.73. The molecule has 1 amide bonds. The number of hydrogen-bond donors (Lipinski definition) is 1. The molecule has 5 heteroatoms. The van der Waals surface area contributed by atoms with Crippen LogP contribution in [0, 0.1) is 18.3 Å². The normalized spacial score (nSPS) is 11.8. The van der Waals surface area contributed by atoms with Crippen molar-refractivity contribution >= 4 is 17.7 Å². The Bertz CT molecular complexity index is 395. The molecular weight excluding hydrogens is 224 g/mol. The number of carbonyl (C=O) groups excluding carboxylic acids is 1. The van der Waals surface area contributed by atoms with Gasteiger partial charge in [-0.2, -0.15) is 5.26 Å². The number of hydrogen-bond acceptors (Lipinski definition) is 4. The molecule has 1 heterocycles. The lowest BCUT2D eigenvalue weighted by atomic mass is 10.2. The van der Waals surface area contributed by atoms with E-state index in [2.05, 4.69) is 5.32 Å². The van der Waals surface area contributed by atoms with Gasteiger partial charge in [0.2, 0.25) is 5.91 Å². The van der Waals surface area contributed by atoms with Gasteiger partial charge in [0.25, 0.3) is 0 Å². The topological polar surface area (TPSA) is 66.0 Å². The second-order valence-electron chi connectivity index (χ2n) is 3.39. The molecule has 1 aromatic heterocycles. The molecule has 1 rings (SSSR count). The van der Waals surface area contributed by atoms with Crippen LogP contribution in [-0.4, -0.2) is 17.4 Å². The van der Waals surface area contributed by atoms with Crippen LogP contribution in [0.4, 0.5) is 0 Å². The third-order valence-corrected chi connectivity index (χ3v) is 2.76. The largest absolute Gasteiger partial charge is 0.464 e. The molecule has 0 aliphatic heterocycles. The Kier molecular flexibility index (Phi) is 4.93. The number of nitrogens with zero attached hydrogens (tertiary/aromatic N) is 1. The predicted octanol–water partition coefficient (Wildman–Crippen LogP) is 2.02. The fraction of sp³-hybridized carbons (Fsp3) is 0.455. The number of amides is 1. The van der Waals surface area contributed by atoms with Crippen molar-refractivity contribution in [1.82, 2.24) is 5.32 Å². The van der Waals surface area contributed by atoms with Crippen LogP contribution in [0.5, 0.6) is 0 Å². The summed E-state index contributed by atoms with van der Waals surface area (Å²) in [5, 5.41) is 11.1. The van der Waals surface area contributed by atoms with E-state index in [1.54, 1.807) is 0 Å². The van der Waals surface area contributed by atoms with Crippen LogP contribution in [0.25, 0.3) is 0 Å². The molecule has 0 unspecified atom stereocenters. The number of thioether (sulfide) groups is 1. The monoisotopic (exact) mass is 238 g/mol. The summed E-state index contributed by atoms with van der Waals surface area (Å²) in [5.74, 6) is 2.13. The fourth-order valence-electron chi connectivity index (χ4n) is 1.23. The molecule has 0 aliphatic carbocycles. The summed E-state index contributed by atoms with van der Waals surface area (Å²) in [4.78, 5) is 11.4. The summed E-state index contributed by atoms with van der Waals surface area (Å²) in [7, 11) is 0. The van der Waals surface area contributed by atoms with Gasteiger partial charge < -0.3 is 9.73 Å². The number of nitriles is 1. The maximum Gasteiger partial charge on any atom is 0.230 e. The van der Waals surface area contributed by atoms with Crippen LogP contribution in [0.15, 0.2) is 16.5 Å². The summed E-state index contributed by atoms with van der Waals surface area (Å²) in [6, 6.07) is 5.55. The van der Waals surface area contributed by atoms with Crippen LogP contribution < -0.4 is 5.32 Å². The van der Waals surface area contributed by atoms with Crippen LogP contribution in [0.2, 0.25) is 0 Å². The molecule has 0 radical (unpaired) electrons. The van der Waals surface area contributed by atoms with Gasteiger partial charge in [-0.25, -0.2) is 0 Å². The first-order valence-corrected chi connectivity index (χ1v) is 6.09. The lowest BCUT2D eigenvalue weighted by Gasteiger charge is -2.10. The van der Waals surface area contributed by atoms with E-state index in [-0.39, 0.29) is 11.9 Å². The summed E-state index contributed by atoms with van der Waals surface area (Å²) < 4.78 is 5.40. The first kappa shape index (κ1) is 12.7. The van der Waals surface area contributed by atoms with Gasteiger partial charge in [0, 0.05) is 0 Å². The Labute approximate surface area is 99.0 Å². The second kappa shape index (κ2) is 6.23. The molecule has 1 aromatic rings. The van der Waals surface area contributed by atoms with E-state index >= 15 is 0 Å². The number of nitrogens with one attached hydrogen (secondary N) is 1. The van der Waals surface area contributed by atoms with E-state index in [1.807, 2.05) is 32.0 Å². The lowest BCUT2D eigenvalue weighted by molar-refractivity contribution is -0.119. The minimum Gasteiger partial charge on any atom is -0.464 e. The van der Waals surface area contributed by atoms with E-state index in [4.69, 9.17) is 9.68 Å². The Morgan fingerprint density at radius 2 is 2.44 bits per heavy atom. The molecule has 1 atom stereocenters. The van der Waals surface area contributed by atoms with Gasteiger partial charge in [0.05, 0.1) is 23.6 Å². The second-order valence-corrected chi connectivity index (χ2v) is 4.37. The van der Waals surface area contributed by atoms with Crippen LogP contribution in [0.1, 0.15) is 24.5 Å². The van der Waals surface area contributed by atoms with Crippen molar-refractivity contribution in [2.24, 2.45) is 0 Å². The molecule has 0 spiro atoms. The SMILES string of the molecule is Cc1ccc([C@@H](C)NC(=O)CSCC#N)o1. The van der Waals surface area contributed by atoms with E-state index in [1.165, 1.54) is 11.8 Å². The molecule has 86 valence electrons. The molecular formula is C11H14N2O2S. The van der Waals surface area contributed by atoms with Crippen LogP contribution >= 0.6 is 11.8 Å². The standard InChI is InChI=1S/C11H14N2O2S/c1-8-3-4-10(15-8)9(2)13-11(14)7-16-6-5-12/h3-4,9H,6-7H2,1-2H3,(H,13,14)/t9-/m1/s1. The van der Waals surface area contributed by atoms with Gasteiger partial charge in [-0.05, 0) is 26.0 Å². The van der Waals surface area contributed by atoms with Gasteiger partial charge >= 0.3 is 0 Å². The molecule has 0 saturated carbocycles. The molecule has 16 heavy (non-hydrogen) atoms. The minimum absolute atomic E-state index is 0.0817. The van der Waals surface area contributed by atoms with Gasteiger partial charge in [0.1, 0.15) is 11.5 Å². The highest BCUT2D eigenvalue weighted by Gasteiger charge is 2.12. The van der Waals surface area contributed by atoms with Crippen LogP contribution in [0.3, 0.4) is 0 Å². The first-order chi connectivity index (χ1) is 7.63. The highest BCUT2D eigenvalue weighted by atomic mass is 32.2. The Balaban J connectivity index is 2.37. The Hall–Kier alpha value is -1.41. The number of furan rings is 1. The molecule has 0 saturated heterocycles. The van der Waals surface area contributed by atoms with Gasteiger partial charge in [-0.15, -0.1) is 11.8 Å². The highest BCUT2D eigenvalue weighted by Crippen LogP contribution is 2.15. The van der Waals surface area contributed by atoms with Crippen molar-refractivity contribution in [2.45, 2.75) is 19.9 Å². The summed E-state index contributed by atoms with van der Waals surface area (Å²) >= 11 is 1.30. The predicted molar refractivity (Wildman–Crippen MR) is 62.9 cm³/mol. The molecule has 0 aliphatic rings. The maximum atomic E-state index is 11.4. The number of aryl methyl sites for hydroxylation is 1. The molecule has 4 nitrogen and oxygen atoms in total. The smallest absolute Gasteiger partial charge is 0.230 e. The third-order valence-electron chi connectivity index (χ3n) is 1.97. The van der Waals surface area contributed by atoms with Gasteiger partial charge in [-0.1, -0.05) is 0 Å². The van der Waals surface area contributed by atoms with Crippen molar-refractivity contribution in [3.63, 3.8) is 0 Å². The van der Waals surface area contributed by atoms with E-state index in [0.717, 1.165) is 11.5 Å².